The molecular formula is C24H25Cl3N2O3. The number of hydrogen-bond donors (Lipinski definition) is 0. The second-order valence-electron chi connectivity index (χ2n) is 7.89. The van der Waals surface area contributed by atoms with Crippen molar-refractivity contribution in [1.82, 2.24) is 9.55 Å². The zero-order valence-electron chi connectivity index (χ0n) is 17.7. The first-order chi connectivity index (χ1) is 15.5. The van der Waals surface area contributed by atoms with E-state index in [0.717, 1.165) is 36.1 Å². The quantitative estimate of drug-likeness (QED) is 0.341. The normalized spacial score (nSPS) is 19.6. The summed E-state index contributed by atoms with van der Waals surface area (Å²) in [6.07, 6.45) is 7.39. The van der Waals surface area contributed by atoms with Gasteiger partial charge in [-0.05, 0) is 62.1 Å². The Bertz CT molecular complexity index is 1030. The van der Waals surface area contributed by atoms with Crippen LogP contribution in [0.3, 0.4) is 0 Å². The smallest absolute Gasteiger partial charge is 0.159 e. The lowest BCUT2D eigenvalue weighted by Crippen LogP contribution is -2.35. The molecule has 5 nitrogen and oxygen atoms in total. The second-order valence-corrected chi connectivity index (χ2v) is 9.17. The van der Waals surface area contributed by atoms with Crippen LogP contribution >= 0.6 is 34.8 Å². The van der Waals surface area contributed by atoms with Crippen molar-refractivity contribution >= 4 is 34.8 Å². The summed E-state index contributed by atoms with van der Waals surface area (Å²) in [7, 11) is 0. The number of imidazole rings is 1. The fourth-order valence-electron chi connectivity index (χ4n) is 3.79. The monoisotopic (exact) mass is 494 g/mol. The molecule has 0 N–H and O–H groups in total. The van der Waals surface area contributed by atoms with Gasteiger partial charge in [0, 0.05) is 33.0 Å². The van der Waals surface area contributed by atoms with Crippen molar-refractivity contribution in [3.05, 3.63) is 81.3 Å². The van der Waals surface area contributed by atoms with Gasteiger partial charge in [-0.2, -0.15) is 0 Å². The summed E-state index contributed by atoms with van der Waals surface area (Å²) >= 11 is 18.6. The van der Waals surface area contributed by atoms with Crippen molar-refractivity contribution < 1.29 is 14.2 Å². The van der Waals surface area contributed by atoms with Crippen LogP contribution in [0.1, 0.15) is 36.5 Å². The van der Waals surface area contributed by atoms with Gasteiger partial charge in [0.25, 0.3) is 0 Å². The Morgan fingerprint density at radius 1 is 1.12 bits per heavy atom. The Hall–Kier alpha value is -1.76. The largest absolute Gasteiger partial charge is 0.491 e. The zero-order chi connectivity index (χ0) is 22.5. The fourth-order valence-corrected chi connectivity index (χ4v) is 4.55. The van der Waals surface area contributed by atoms with E-state index in [0.29, 0.717) is 28.2 Å². The van der Waals surface area contributed by atoms with Crippen molar-refractivity contribution in [2.45, 2.75) is 51.2 Å². The molecule has 0 saturated carbocycles. The van der Waals surface area contributed by atoms with E-state index in [1.807, 2.05) is 48.0 Å². The summed E-state index contributed by atoms with van der Waals surface area (Å²) in [5, 5.41) is 1.85. The van der Waals surface area contributed by atoms with Gasteiger partial charge in [0.05, 0.1) is 19.0 Å². The van der Waals surface area contributed by atoms with Crippen LogP contribution in [0.4, 0.5) is 0 Å². The van der Waals surface area contributed by atoms with Crippen LogP contribution in [0.15, 0.2) is 55.1 Å². The summed E-state index contributed by atoms with van der Waals surface area (Å²) < 4.78 is 20.6. The number of benzene rings is 2. The first-order valence-corrected chi connectivity index (χ1v) is 11.7. The van der Waals surface area contributed by atoms with E-state index in [9.17, 15) is 0 Å². The van der Waals surface area contributed by atoms with Gasteiger partial charge in [-0.15, -0.1) is 0 Å². The van der Waals surface area contributed by atoms with Crippen molar-refractivity contribution in [2.24, 2.45) is 0 Å². The lowest BCUT2D eigenvalue weighted by atomic mass is 10.1. The second kappa shape index (κ2) is 10.9. The van der Waals surface area contributed by atoms with E-state index in [-0.39, 0.29) is 18.5 Å². The number of hydrogen-bond acceptors (Lipinski definition) is 4. The maximum Gasteiger partial charge on any atom is 0.159 e. The summed E-state index contributed by atoms with van der Waals surface area (Å²) in [5.74, 6) is 0.812. The van der Waals surface area contributed by atoms with E-state index in [2.05, 4.69) is 4.98 Å². The SMILES string of the molecule is Cc1cc(Cl)ccc1OCC1CCCC(OC(Cn2ccnc2)c2ccc(Cl)cc2Cl)O1. The fraction of sp³-hybridized carbons (Fsp3) is 0.375. The average Bonchev–Trinajstić information content (AvgIpc) is 3.26. The van der Waals surface area contributed by atoms with Crippen LogP contribution in [0.2, 0.25) is 15.1 Å². The molecule has 170 valence electrons. The van der Waals surface area contributed by atoms with Crippen LogP contribution < -0.4 is 4.74 Å². The highest BCUT2D eigenvalue weighted by molar-refractivity contribution is 6.35. The third-order valence-electron chi connectivity index (χ3n) is 5.43. The number of ether oxygens (including phenoxy) is 3. The van der Waals surface area contributed by atoms with E-state index in [1.165, 1.54) is 0 Å². The van der Waals surface area contributed by atoms with E-state index >= 15 is 0 Å². The van der Waals surface area contributed by atoms with E-state index in [4.69, 9.17) is 49.0 Å². The molecular weight excluding hydrogens is 471 g/mol. The molecule has 1 fully saturated rings. The molecule has 0 spiro atoms. The minimum absolute atomic E-state index is 0.0570. The molecule has 1 aliphatic rings. The van der Waals surface area contributed by atoms with Gasteiger partial charge in [-0.3, -0.25) is 0 Å². The van der Waals surface area contributed by atoms with E-state index in [1.54, 1.807) is 18.6 Å². The van der Waals surface area contributed by atoms with Crippen molar-refractivity contribution in [2.75, 3.05) is 6.61 Å². The highest BCUT2D eigenvalue weighted by Crippen LogP contribution is 2.33. The van der Waals surface area contributed by atoms with Crippen molar-refractivity contribution in [3.8, 4) is 5.75 Å². The summed E-state index contributed by atoms with van der Waals surface area (Å²) in [4.78, 5) is 4.13. The lowest BCUT2D eigenvalue weighted by Gasteiger charge is -2.33. The molecule has 8 heteroatoms. The van der Waals surface area contributed by atoms with Gasteiger partial charge in [-0.1, -0.05) is 40.9 Å². The van der Waals surface area contributed by atoms with Gasteiger partial charge in [0.15, 0.2) is 6.29 Å². The van der Waals surface area contributed by atoms with Gasteiger partial charge in [0.1, 0.15) is 18.5 Å². The first-order valence-electron chi connectivity index (χ1n) is 10.6. The molecule has 1 aliphatic heterocycles. The lowest BCUT2D eigenvalue weighted by molar-refractivity contribution is -0.223. The molecule has 0 radical (unpaired) electrons. The Morgan fingerprint density at radius 2 is 1.94 bits per heavy atom. The van der Waals surface area contributed by atoms with Crippen LogP contribution in [-0.2, 0) is 16.0 Å². The third-order valence-corrected chi connectivity index (χ3v) is 6.23. The molecule has 1 aromatic heterocycles. The Labute approximate surface area is 203 Å². The van der Waals surface area contributed by atoms with Gasteiger partial charge in [-0.25, -0.2) is 4.98 Å². The minimum Gasteiger partial charge on any atom is -0.491 e. The molecule has 3 unspecified atom stereocenters. The number of rotatable bonds is 8. The predicted molar refractivity (Wildman–Crippen MR) is 127 cm³/mol. The molecule has 4 rings (SSSR count). The standard InChI is InChI=1S/C24H25Cl3N2O3/c1-16-11-17(25)6-8-22(16)30-14-19-3-2-4-24(31-19)32-23(13-29-10-9-28-15-29)20-7-5-18(26)12-21(20)27/h5-12,15,19,23-24H,2-4,13-14H2,1H3. The molecule has 2 aromatic carbocycles. The van der Waals surface area contributed by atoms with Crippen molar-refractivity contribution in [1.29, 1.82) is 0 Å². The molecule has 2 heterocycles. The molecule has 3 aromatic rings. The number of nitrogens with zero attached hydrogens (tertiary/aromatic N) is 2. The van der Waals surface area contributed by atoms with Crippen LogP contribution in [0.25, 0.3) is 0 Å². The van der Waals surface area contributed by atoms with Crippen molar-refractivity contribution in [3.63, 3.8) is 0 Å². The van der Waals surface area contributed by atoms with E-state index < -0.39 is 0 Å². The maximum absolute atomic E-state index is 6.49. The molecule has 1 saturated heterocycles. The van der Waals surface area contributed by atoms with Gasteiger partial charge < -0.3 is 18.8 Å². The summed E-state index contributed by atoms with van der Waals surface area (Å²) in [6, 6.07) is 11.1. The first kappa shape index (κ1) is 23.4. The Balaban J connectivity index is 1.42. The number of aryl methyl sites for hydroxylation is 1. The minimum atomic E-state index is -0.357. The summed E-state index contributed by atoms with van der Waals surface area (Å²) in [5.41, 5.74) is 1.86. The highest BCUT2D eigenvalue weighted by atomic mass is 35.5. The molecule has 0 aliphatic carbocycles. The predicted octanol–water partition coefficient (Wildman–Crippen LogP) is 6.88. The number of halogens is 3. The molecule has 0 bridgehead atoms. The van der Waals surface area contributed by atoms with Crippen LogP contribution in [-0.4, -0.2) is 28.6 Å². The molecule has 32 heavy (non-hydrogen) atoms. The van der Waals surface area contributed by atoms with Gasteiger partial charge >= 0.3 is 0 Å². The Morgan fingerprint density at radius 3 is 2.69 bits per heavy atom. The average molecular weight is 496 g/mol. The third kappa shape index (κ3) is 6.18. The maximum atomic E-state index is 6.49. The zero-order valence-corrected chi connectivity index (χ0v) is 20.0. The summed E-state index contributed by atoms with van der Waals surface area (Å²) in [6.45, 7) is 2.99. The number of aromatic nitrogens is 2. The van der Waals surface area contributed by atoms with Gasteiger partial charge in [0.2, 0.25) is 0 Å². The van der Waals surface area contributed by atoms with Crippen LogP contribution in [0, 0.1) is 6.92 Å². The topological polar surface area (TPSA) is 45.5 Å². The van der Waals surface area contributed by atoms with Crippen LogP contribution in [0.5, 0.6) is 5.75 Å². The molecule has 3 atom stereocenters. The highest BCUT2D eigenvalue weighted by Gasteiger charge is 2.28. The Kier molecular flexibility index (Phi) is 7.98. The molecule has 0 amide bonds.